The first-order valence-corrected chi connectivity index (χ1v) is 14.8. The average molecular weight is 597 g/mol. The van der Waals surface area contributed by atoms with Crippen LogP contribution in [0.2, 0.25) is 0 Å². The first-order valence-electron chi connectivity index (χ1n) is 13.4. The Morgan fingerprint density at radius 3 is 2.39 bits per heavy atom. The van der Waals surface area contributed by atoms with Crippen LogP contribution in [-0.2, 0) is 32.6 Å². The molecule has 2 aliphatic rings. The lowest BCUT2D eigenvalue weighted by molar-refractivity contribution is -0.274. The number of alkyl halides is 3. The summed E-state index contributed by atoms with van der Waals surface area (Å²) >= 11 is 0. The fraction of sp³-hybridized carbons (Fsp3) is 0.500. The van der Waals surface area contributed by atoms with Gasteiger partial charge in [0.05, 0.1) is 17.4 Å². The third-order valence-corrected chi connectivity index (χ3v) is 9.15. The van der Waals surface area contributed by atoms with Crippen LogP contribution in [0.3, 0.4) is 0 Å². The smallest absolute Gasteiger partial charge is 0.406 e. The highest BCUT2D eigenvalue weighted by molar-refractivity contribution is 7.89. The molecule has 2 atom stereocenters. The number of ether oxygens (including phenoxy) is 1. The molecular formula is C28H35F3N4O5S. The summed E-state index contributed by atoms with van der Waals surface area (Å²) in [6.07, 6.45) is -3.07. The SMILES string of the molecule is CC(C)(C)NCc1ccc2c(c1)CCC[C@H]2N1CCN(S(=O)(=O)c2ccc(OC(F)(F)F)cc2)C(CC(N)=O)C1=O. The minimum Gasteiger partial charge on any atom is -0.406 e. The number of hydrogen-bond donors (Lipinski definition) is 2. The highest BCUT2D eigenvalue weighted by atomic mass is 32.2. The van der Waals surface area contributed by atoms with E-state index in [9.17, 15) is 31.2 Å². The zero-order valence-electron chi connectivity index (χ0n) is 23.2. The van der Waals surface area contributed by atoms with Gasteiger partial charge in [-0.2, -0.15) is 4.31 Å². The van der Waals surface area contributed by atoms with Gasteiger partial charge < -0.3 is 20.7 Å². The van der Waals surface area contributed by atoms with E-state index in [1.54, 1.807) is 4.90 Å². The molecule has 9 nitrogen and oxygen atoms in total. The molecule has 1 saturated heterocycles. The lowest BCUT2D eigenvalue weighted by atomic mass is 9.85. The van der Waals surface area contributed by atoms with Crippen LogP contribution < -0.4 is 15.8 Å². The van der Waals surface area contributed by atoms with Gasteiger partial charge in [-0.25, -0.2) is 8.42 Å². The molecule has 2 amide bonds. The summed E-state index contributed by atoms with van der Waals surface area (Å²) in [6, 6.07) is 8.22. The average Bonchev–Trinajstić information content (AvgIpc) is 2.87. The Morgan fingerprint density at radius 1 is 1.10 bits per heavy atom. The van der Waals surface area contributed by atoms with E-state index in [0.717, 1.165) is 58.1 Å². The number of amides is 2. The van der Waals surface area contributed by atoms with E-state index in [0.29, 0.717) is 13.0 Å². The van der Waals surface area contributed by atoms with Crippen LogP contribution in [0.1, 0.15) is 62.8 Å². The number of rotatable bonds is 8. The van der Waals surface area contributed by atoms with Gasteiger partial charge in [0.1, 0.15) is 11.8 Å². The fourth-order valence-corrected chi connectivity index (χ4v) is 6.93. The number of carbonyl (C=O) groups excluding carboxylic acids is 2. The largest absolute Gasteiger partial charge is 0.573 e. The van der Waals surface area contributed by atoms with Crippen molar-refractivity contribution >= 4 is 21.8 Å². The minimum absolute atomic E-state index is 0.0425. The lowest BCUT2D eigenvalue weighted by Gasteiger charge is -2.44. The maximum atomic E-state index is 13.8. The standard InChI is InChI=1S/C28H35F3N4O5S/c1-27(2,3)33-17-18-7-12-22-19(15-18)5-4-6-23(22)34-13-14-35(24(26(34)37)16-25(32)36)41(38,39)21-10-8-20(9-11-21)40-28(29,30)31/h7-12,15,23-24,33H,4-6,13-14,16-17H2,1-3H3,(H2,32,36)/t23-,24?/m1/s1. The molecule has 1 aliphatic heterocycles. The van der Waals surface area contributed by atoms with E-state index in [1.807, 2.05) is 12.1 Å². The van der Waals surface area contributed by atoms with Crippen LogP contribution >= 0.6 is 0 Å². The summed E-state index contributed by atoms with van der Waals surface area (Å²) in [4.78, 5) is 27.1. The number of piperazine rings is 1. The number of carbonyl (C=O) groups is 2. The molecule has 1 fully saturated rings. The van der Waals surface area contributed by atoms with Crippen molar-refractivity contribution in [3.8, 4) is 5.75 Å². The molecule has 1 heterocycles. The predicted octanol–water partition coefficient (Wildman–Crippen LogP) is 3.63. The minimum atomic E-state index is -4.93. The third-order valence-electron chi connectivity index (χ3n) is 7.22. The van der Waals surface area contributed by atoms with Gasteiger partial charge >= 0.3 is 6.36 Å². The molecule has 41 heavy (non-hydrogen) atoms. The van der Waals surface area contributed by atoms with Gasteiger partial charge in [0.15, 0.2) is 0 Å². The Morgan fingerprint density at radius 2 is 1.78 bits per heavy atom. The van der Waals surface area contributed by atoms with Gasteiger partial charge in [-0.1, -0.05) is 18.2 Å². The second-order valence-electron chi connectivity index (χ2n) is 11.4. The first kappa shape index (κ1) is 30.8. The van der Waals surface area contributed by atoms with Gasteiger partial charge in [0.2, 0.25) is 21.8 Å². The predicted molar refractivity (Wildman–Crippen MR) is 145 cm³/mol. The van der Waals surface area contributed by atoms with Crippen molar-refractivity contribution in [2.45, 2.75) is 81.9 Å². The van der Waals surface area contributed by atoms with Gasteiger partial charge in [0, 0.05) is 25.2 Å². The number of fused-ring (bicyclic) bond motifs is 1. The highest BCUT2D eigenvalue weighted by Crippen LogP contribution is 2.38. The summed E-state index contributed by atoms with van der Waals surface area (Å²) in [6.45, 7) is 6.94. The van der Waals surface area contributed by atoms with Gasteiger partial charge in [-0.15, -0.1) is 13.2 Å². The van der Waals surface area contributed by atoms with E-state index >= 15 is 0 Å². The van der Waals surface area contributed by atoms with Crippen LogP contribution in [0.15, 0.2) is 47.4 Å². The molecule has 1 unspecified atom stereocenters. The van der Waals surface area contributed by atoms with E-state index in [2.05, 4.69) is 36.9 Å². The summed E-state index contributed by atoms with van der Waals surface area (Å²) in [5.74, 6) is -1.97. The molecule has 4 rings (SSSR count). The summed E-state index contributed by atoms with van der Waals surface area (Å²) in [5, 5.41) is 3.47. The molecule has 1 aliphatic carbocycles. The normalized spacial score (nSPS) is 20.5. The van der Waals surface area contributed by atoms with E-state index in [-0.39, 0.29) is 29.6 Å². The summed E-state index contributed by atoms with van der Waals surface area (Å²) < 4.78 is 69.3. The van der Waals surface area contributed by atoms with Crippen molar-refractivity contribution in [1.29, 1.82) is 0 Å². The number of primary amides is 1. The number of halogens is 3. The van der Waals surface area contributed by atoms with Gasteiger partial charge in [-0.3, -0.25) is 9.59 Å². The monoisotopic (exact) mass is 596 g/mol. The summed E-state index contributed by atoms with van der Waals surface area (Å²) in [7, 11) is -4.35. The zero-order chi connectivity index (χ0) is 30.2. The lowest BCUT2D eigenvalue weighted by Crippen LogP contribution is -2.60. The summed E-state index contributed by atoms with van der Waals surface area (Å²) in [5.41, 5.74) is 8.63. The van der Waals surface area contributed by atoms with Crippen molar-refractivity contribution in [3.05, 3.63) is 59.2 Å². The molecule has 3 N–H and O–H groups in total. The van der Waals surface area contributed by atoms with E-state index in [1.165, 1.54) is 0 Å². The molecule has 13 heteroatoms. The van der Waals surface area contributed by atoms with Gasteiger partial charge in [0.25, 0.3) is 0 Å². The topological polar surface area (TPSA) is 122 Å². The number of hydrogen-bond acceptors (Lipinski definition) is 6. The Balaban J connectivity index is 1.58. The third kappa shape index (κ3) is 7.38. The van der Waals surface area contributed by atoms with Crippen molar-refractivity contribution in [3.63, 3.8) is 0 Å². The molecule has 0 saturated carbocycles. The van der Waals surface area contributed by atoms with Crippen molar-refractivity contribution in [1.82, 2.24) is 14.5 Å². The van der Waals surface area contributed by atoms with Crippen LogP contribution in [0, 0.1) is 0 Å². The highest BCUT2D eigenvalue weighted by Gasteiger charge is 2.45. The second-order valence-corrected chi connectivity index (χ2v) is 13.3. The molecule has 0 radical (unpaired) electrons. The number of nitrogens with two attached hydrogens (primary N) is 1. The van der Waals surface area contributed by atoms with Crippen LogP contribution in [0.5, 0.6) is 5.75 Å². The van der Waals surface area contributed by atoms with Crippen molar-refractivity contribution in [2.75, 3.05) is 13.1 Å². The Bertz CT molecular complexity index is 1390. The maximum absolute atomic E-state index is 13.8. The quantitative estimate of drug-likeness (QED) is 0.480. The van der Waals surface area contributed by atoms with E-state index < -0.39 is 46.4 Å². The number of nitrogens with one attached hydrogen (secondary N) is 1. The Hall–Kier alpha value is -3.16. The van der Waals surface area contributed by atoms with E-state index in [4.69, 9.17) is 5.73 Å². The van der Waals surface area contributed by atoms with Crippen molar-refractivity contribution in [2.24, 2.45) is 5.73 Å². The Labute approximate surface area is 237 Å². The fourth-order valence-electron chi connectivity index (χ4n) is 5.36. The Kier molecular flexibility index (Phi) is 8.72. The molecule has 224 valence electrons. The maximum Gasteiger partial charge on any atom is 0.573 e. The van der Waals surface area contributed by atoms with Crippen LogP contribution in [0.4, 0.5) is 13.2 Å². The van der Waals surface area contributed by atoms with Crippen LogP contribution in [0.25, 0.3) is 0 Å². The molecule has 2 aromatic rings. The molecule has 0 spiro atoms. The first-order chi connectivity index (χ1) is 19.0. The number of nitrogens with zero attached hydrogens (tertiary/aromatic N) is 2. The second kappa shape index (κ2) is 11.6. The number of benzene rings is 2. The van der Waals surface area contributed by atoms with Crippen molar-refractivity contribution < 1.29 is 35.9 Å². The van der Waals surface area contributed by atoms with Crippen LogP contribution in [-0.4, -0.2) is 60.5 Å². The molecule has 0 bridgehead atoms. The molecular weight excluding hydrogens is 561 g/mol. The zero-order valence-corrected chi connectivity index (χ0v) is 24.0. The molecule has 2 aromatic carbocycles. The number of sulfonamides is 1. The number of aryl methyl sites for hydroxylation is 1. The molecule has 0 aromatic heterocycles. The van der Waals surface area contributed by atoms with Gasteiger partial charge in [-0.05, 0) is 81.0 Å².